The average Bonchev–Trinajstić information content (AvgIpc) is 3.45. The van der Waals surface area contributed by atoms with Crippen LogP contribution in [-0.4, -0.2) is 30.2 Å². The number of aromatic hydroxyl groups is 1. The second-order valence-corrected chi connectivity index (χ2v) is 9.02. The van der Waals surface area contributed by atoms with Gasteiger partial charge in [0, 0.05) is 10.9 Å². The molecule has 0 aliphatic carbocycles. The lowest BCUT2D eigenvalue weighted by Crippen LogP contribution is -2.11. The van der Waals surface area contributed by atoms with Gasteiger partial charge in [0.2, 0.25) is 10.6 Å². The summed E-state index contributed by atoms with van der Waals surface area (Å²) in [5.41, 5.74) is 2.25. The van der Waals surface area contributed by atoms with E-state index in [2.05, 4.69) is 5.10 Å². The number of phenolic OH excluding ortho intramolecular Hbond substituents is 1. The van der Waals surface area contributed by atoms with Crippen molar-refractivity contribution in [2.24, 2.45) is 10.1 Å². The van der Waals surface area contributed by atoms with Crippen LogP contribution >= 0.6 is 45.9 Å². The summed E-state index contributed by atoms with van der Waals surface area (Å²) in [6, 6.07) is 12.6. The second kappa shape index (κ2) is 9.79. The van der Waals surface area contributed by atoms with Crippen LogP contribution in [0.3, 0.4) is 0 Å². The zero-order valence-electron chi connectivity index (χ0n) is 17.0. The molecule has 0 bridgehead atoms. The number of nitrogens with zero attached hydrogens (tertiary/aromatic N) is 3. The Balaban J connectivity index is 1.83. The first-order valence-electron chi connectivity index (χ1n) is 9.23. The molecule has 0 saturated carbocycles. The van der Waals surface area contributed by atoms with Gasteiger partial charge in [-0.2, -0.15) is 5.10 Å². The minimum Gasteiger partial charge on any atom is -0.502 e. The normalized spacial score (nSPS) is 11.9. The Kier molecular flexibility index (Phi) is 6.86. The number of hydrogen-bond acceptors (Lipinski definition) is 7. The Bertz CT molecular complexity index is 1320. The molecular weight excluding hydrogens is 489 g/mol. The number of ether oxygens (including phenoxy) is 2. The minimum atomic E-state index is -0.0649. The topological polar surface area (TPSA) is 68.3 Å². The molecular formula is C22H17Cl2N3O3S2. The zero-order chi connectivity index (χ0) is 22.7. The van der Waals surface area contributed by atoms with Crippen LogP contribution in [0.4, 0.5) is 5.69 Å². The quantitative estimate of drug-likeness (QED) is 0.307. The fourth-order valence-corrected chi connectivity index (χ4v) is 4.80. The number of thiophene rings is 1. The Hall–Kier alpha value is -2.78. The van der Waals surface area contributed by atoms with Gasteiger partial charge in [-0.15, -0.1) is 22.7 Å². The summed E-state index contributed by atoms with van der Waals surface area (Å²) in [5.74, 6) is 0.519. The van der Waals surface area contributed by atoms with E-state index in [9.17, 15) is 5.11 Å². The Morgan fingerprint density at radius 2 is 1.75 bits per heavy atom. The third kappa shape index (κ3) is 4.68. The van der Waals surface area contributed by atoms with Crippen molar-refractivity contribution in [2.75, 3.05) is 14.2 Å². The standard InChI is InChI=1S/C22H17Cl2N3O3S2/c1-29-18-8-13(9-19(30-2)21(18)28)11-25-27-17(20-4-3-7-31-20)12-32-22(27)26-14-5-6-15(23)16(24)10-14/h3-12,28H,1-2H3. The molecule has 1 N–H and O–H groups in total. The smallest absolute Gasteiger partial charge is 0.211 e. The third-order valence-corrected chi connectivity index (χ3v) is 6.86. The summed E-state index contributed by atoms with van der Waals surface area (Å²) in [6.45, 7) is 0. The molecule has 2 heterocycles. The summed E-state index contributed by atoms with van der Waals surface area (Å²) in [5, 5.41) is 19.7. The minimum absolute atomic E-state index is 0.0649. The van der Waals surface area contributed by atoms with Crippen LogP contribution in [0.5, 0.6) is 17.2 Å². The lowest BCUT2D eigenvalue weighted by atomic mass is 10.2. The molecule has 2 aromatic heterocycles. The first-order valence-corrected chi connectivity index (χ1v) is 11.7. The number of benzene rings is 2. The van der Waals surface area contributed by atoms with Crippen LogP contribution in [0.15, 0.2) is 63.3 Å². The maximum atomic E-state index is 10.2. The van der Waals surface area contributed by atoms with Gasteiger partial charge >= 0.3 is 0 Å². The van der Waals surface area contributed by atoms with Crippen molar-refractivity contribution < 1.29 is 14.6 Å². The van der Waals surface area contributed by atoms with E-state index in [1.807, 2.05) is 22.9 Å². The molecule has 2 aromatic carbocycles. The number of thiazole rings is 1. The molecule has 0 aliphatic heterocycles. The molecule has 32 heavy (non-hydrogen) atoms. The van der Waals surface area contributed by atoms with Crippen molar-refractivity contribution >= 4 is 57.8 Å². The van der Waals surface area contributed by atoms with Gasteiger partial charge < -0.3 is 14.6 Å². The number of halogens is 2. The van der Waals surface area contributed by atoms with E-state index >= 15 is 0 Å². The van der Waals surface area contributed by atoms with Crippen LogP contribution in [0.2, 0.25) is 10.0 Å². The van der Waals surface area contributed by atoms with Crippen LogP contribution < -0.4 is 14.3 Å². The zero-order valence-corrected chi connectivity index (χ0v) is 20.1. The first-order chi connectivity index (χ1) is 15.5. The van der Waals surface area contributed by atoms with Gasteiger partial charge in [0.1, 0.15) is 0 Å². The molecule has 4 aromatic rings. The molecule has 10 heteroatoms. The lowest BCUT2D eigenvalue weighted by molar-refractivity contribution is 0.340. The highest BCUT2D eigenvalue weighted by Gasteiger charge is 2.12. The lowest BCUT2D eigenvalue weighted by Gasteiger charge is -2.09. The van der Waals surface area contributed by atoms with Gasteiger partial charge in [-0.3, -0.25) is 0 Å². The monoisotopic (exact) mass is 505 g/mol. The van der Waals surface area contributed by atoms with Crippen molar-refractivity contribution in [2.45, 2.75) is 0 Å². The van der Waals surface area contributed by atoms with E-state index in [0.717, 1.165) is 10.6 Å². The van der Waals surface area contributed by atoms with Gasteiger partial charge in [0.25, 0.3) is 0 Å². The van der Waals surface area contributed by atoms with E-state index in [1.165, 1.54) is 25.6 Å². The third-order valence-electron chi connectivity index (χ3n) is 4.41. The maximum absolute atomic E-state index is 10.2. The SMILES string of the molecule is COc1cc(C=Nn2c(-c3cccs3)csc2=Nc2ccc(Cl)c(Cl)c2)cc(OC)c1O. The summed E-state index contributed by atoms with van der Waals surface area (Å²) in [7, 11) is 2.96. The van der Waals surface area contributed by atoms with Crippen LogP contribution in [-0.2, 0) is 0 Å². The molecule has 0 aliphatic rings. The molecule has 4 rings (SSSR count). The van der Waals surface area contributed by atoms with Crippen molar-refractivity contribution in [1.82, 2.24) is 4.68 Å². The summed E-state index contributed by atoms with van der Waals surface area (Å²) in [4.78, 5) is 6.41. The fourth-order valence-electron chi connectivity index (χ4n) is 2.86. The number of rotatable bonds is 6. The molecule has 0 radical (unpaired) electrons. The van der Waals surface area contributed by atoms with Gasteiger partial charge in [-0.1, -0.05) is 29.3 Å². The van der Waals surface area contributed by atoms with Gasteiger partial charge in [0.05, 0.1) is 46.7 Å². The van der Waals surface area contributed by atoms with Crippen molar-refractivity contribution in [3.05, 3.63) is 73.6 Å². The summed E-state index contributed by atoms with van der Waals surface area (Å²) in [6.07, 6.45) is 1.65. The van der Waals surface area contributed by atoms with E-state index in [-0.39, 0.29) is 5.75 Å². The predicted molar refractivity (Wildman–Crippen MR) is 132 cm³/mol. The van der Waals surface area contributed by atoms with Gasteiger partial charge in [-0.05, 0) is 41.8 Å². The Morgan fingerprint density at radius 3 is 2.38 bits per heavy atom. The first kappa shape index (κ1) is 22.4. The fraction of sp³-hybridized carbons (Fsp3) is 0.0909. The molecule has 0 saturated heterocycles. The second-order valence-electron chi connectivity index (χ2n) is 6.42. The van der Waals surface area contributed by atoms with Gasteiger partial charge in [0.15, 0.2) is 11.5 Å². The number of aromatic nitrogens is 1. The highest BCUT2D eigenvalue weighted by atomic mass is 35.5. The van der Waals surface area contributed by atoms with E-state index in [4.69, 9.17) is 37.7 Å². The van der Waals surface area contributed by atoms with Gasteiger partial charge in [-0.25, -0.2) is 9.67 Å². The number of methoxy groups -OCH3 is 2. The van der Waals surface area contributed by atoms with E-state index in [0.29, 0.717) is 37.6 Å². The number of phenols is 1. The molecule has 0 atom stereocenters. The molecule has 0 amide bonds. The summed E-state index contributed by atoms with van der Waals surface area (Å²) < 4.78 is 12.2. The average molecular weight is 506 g/mol. The Labute approximate surface area is 202 Å². The predicted octanol–water partition coefficient (Wildman–Crippen LogP) is 6.42. The highest BCUT2D eigenvalue weighted by Crippen LogP contribution is 2.36. The molecule has 0 fully saturated rings. The molecule has 164 valence electrons. The van der Waals surface area contributed by atoms with Crippen molar-refractivity contribution in [3.8, 4) is 27.8 Å². The largest absolute Gasteiger partial charge is 0.502 e. The molecule has 6 nitrogen and oxygen atoms in total. The maximum Gasteiger partial charge on any atom is 0.211 e. The van der Waals surface area contributed by atoms with Crippen LogP contribution in [0.25, 0.3) is 10.6 Å². The molecule has 0 unspecified atom stereocenters. The van der Waals surface area contributed by atoms with E-state index < -0.39 is 0 Å². The molecule has 0 spiro atoms. The summed E-state index contributed by atoms with van der Waals surface area (Å²) >= 11 is 15.2. The number of hydrogen-bond donors (Lipinski definition) is 1. The van der Waals surface area contributed by atoms with Crippen molar-refractivity contribution in [3.63, 3.8) is 0 Å². The van der Waals surface area contributed by atoms with Crippen LogP contribution in [0, 0.1) is 0 Å². The van der Waals surface area contributed by atoms with Crippen LogP contribution in [0.1, 0.15) is 5.56 Å². The van der Waals surface area contributed by atoms with Crippen molar-refractivity contribution in [1.29, 1.82) is 0 Å². The highest BCUT2D eigenvalue weighted by molar-refractivity contribution is 7.14. The van der Waals surface area contributed by atoms with E-state index in [1.54, 1.807) is 52.6 Å². The Morgan fingerprint density at radius 1 is 1.00 bits per heavy atom.